The summed E-state index contributed by atoms with van der Waals surface area (Å²) >= 11 is 0. The molecule has 0 amide bonds. The summed E-state index contributed by atoms with van der Waals surface area (Å²) in [6.07, 6.45) is 4.13. The number of carbonyl (C=O) groups excluding carboxylic acids is 1. The van der Waals surface area contributed by atoms with E-state index in [-0.39, 0.29) is 5.97 Å². The Bertz CT molecular complexity index is 946. The smallest absolute Gasteiger partial charge is 0.328 e. The van der Waals surface area contributed by atoms with E-state index in [0.717, 1.165) is 35.4 Å². The van der Waals surface area contributed by atoms with Crippen molar-refractivity contribution in [1.29, 1.82) is 0 Å². The molecule has 3 rings (SSSR count). The van der Waals surface area contributed by atoms with Crippen LogP contribution in [0.5, 0.6) is 5.75 Å². The van der Waals surface area contributed by atoms with Gasteiger partial charge < -0.3 is 14.8 Å². The molecule has 1 atom stereocenters. The number of nitrogens with one attached hydrogen (secondary N) is 1. The summed E-state index contributed by atoms with van der Waals surface area (Å²) in [6.45, 7) is 4.79. The van der Waals surface area contributed by atoms with E-state index < -0.39 is 6.04 Å². The standard InChI is InChI=1S/C25H29N3O3/c1-3-5-11-22(25(29)30-4-2)28-24-16-23(26-18-27-24)20-12-14-21(15-13-20)31-17-19-9-7-6-8-10-19/h6-10,12-16,18,22H,3-5,11,17H2,1-2H3,(H,26,27,28)/t22-/m1/s1. The van der Waals surface area contributed by atoms with Crippen molar-refractivity contribution in [2.24, 2.45) is 0 Å². The number of benzene rings is 2. The van der Waals surface area contributed by atoms with Crippen molar-refractivity contribution in [3.8, 4) is 17.0 Å². The molecule has 0 bridgehead atoms. The van der Waals surface area contributed by atoms with E-state index in [2.05, 4.69) is 22.2 Å². The summed E-state index contributed by atoms with van der Waals surface area (Å²) in [4.78, 5) is 20.9. The second-order valence-corrected chi connectivity index (χ2v) is 7.18. The van der Waals surface area contributed by atoms with E-state index in [1.165, 1.54) is 6.33 Å². The molecule has 1 heterocycles. The van der Waals surface area contributed by atoms with Crippen molar-refractivity contribution >= 4 is 11.8 Å². The molecule has 162 valence electrons. The molecule has 0 aliphatic rings. The van der Waals surface area contributed by atoms with Crippen LogP contribution in [0.4, 0.5) is 5.82 Å². The minimum atomic E-state index is -0.420. The minimum absolute atomic E-state index is 0.254. The zero-order chi connectivity index (χ0) is 21.9. The topological polar surface area (TPSA) is 73.3 Å². The highest BCUT2D eigenvalue weighted by Crippen LogP contribution is 2.23. The lowest BCUT2D eigenvalue weighted by Gasteiger charge is -2.17. The largest absolute Gasteiger partial charge is 0.489 e. The molecule has 0 aliphatic heterocycles. The highest BCUT2D eigenvalue weighted by Gasteiger charge is 2.19. The maximum absolute atomic E-state index is 12.3. The van der Waals surface area contributed by atoms with Gasteiger partial charge in [0.1, 0.15) is 30.5 Å². The molecule has 1 N–H and O–H groups in total. The number of rotatable bonds is 11. The van der Waals surface area contributed by atoms with Gasteiger partial charge in [0, 0.05) is 11.6 Å². The van der Waals surface area contributed by atoms with Crippen molar-refractivity contribution in [3.05, 3.63) is 72.6 Å². The van der Waals surface area contributed by atoms with Crippen LogP contribution in [0.25, 0.3) is 11.3 Å². The van der Waals surface area contributed by atoms with Crippen molar-refractivity contribution in [1.82, 2.24) is 9.97 Å². The van der Waals surface area contributed by atoms with Crippen LogP contribution in [-0.4, -0.2) is 28.6 Å². The maximum Gasteiger partial charge on any atom is 0.328 e. The van der Waals surface area contributed by atoms with Gasteiger partial charge >= 0.3 is 5.97 Å². The molecule has 0 fully saturated rings. The second kappa shape index (κ2) is 11.7. The summed E-state index contributed by atoms with van der Waals surface area (Å²) in [5.74, 6) is 1.14. The third kappa shape index (κ3) is 6.81. The zero-order valence-electron chi connectivity index (χ0n) is 18.1. The Balaban J connectivity index is 1.66. The first kappa shape index (κ1) is 22.3. The Hall–Kier alpha value is -3.41. The molecule has 1 aromatic heterocycles. The summed E-state index contributed by atoms with van der Waals surface area (Å²) < 4.78 is 11.0. The fourth-order valence-corrected chi connectivity index (χ4v) is 3.14. The molecule has 6 heteroatoms. The number of hydrogen-bond donors (Lipinski definition) is 1. The number of unbranched alkanes of at least 4 members (excludes halogenated alkanes) is 1. The van der Waals surface area contributed by atoms with E-state index in [9.17, 15) is 4.79 Å². The molecule has 0 spiro atoms. The molecule has 0 unspecified atom stereocenters. The number of hydrogen-bond acceptors (Lipinski definition) is 6. The fraction of sp³-hybridized carbons (Fsp3) is 0.320. The van der Waals surface area contributed by atoms with Crippen LogP contribution in [0.1, 0.15) is 38.7 Å². The van der Waals surface area contributed by atoms with E-state index in [1.54, 1.807) is 0 Å². The van der Waals surface area contributed by atoms with Crippen LogP contribution >= 0.6 is 0 Å². The monoisotopic (exact) mass is 419 g/mol. The van der Waals surface area contributed by atoms with Crippen molar-refractivity contribution in [2.75, 3.05) is 11.9 Å². The molecule has 31 heavy (non-hydrogen) atoms. The lowest BCUT2D eigenvalue weighted by molar-refractivity contribution is -0.144. The molecule has 0 aliphatic carbocycles. The number of esters is 1. The molecular weight excluding hydrogens is 390 g/mol. The predicted molar refractivity (Wildman–Crippen MR) is 122 cm³/mol. The Labute approximate surface area is 183 Å². The van der Waals surface area contributed by atoms with Gasteiger partial charge in [-0.3, -0.25) is 0 Å². The van der Waals surface area contributed by atoms with Gasteiger partial charge in [-0.25, -0.2) is 14.8 Å². The summed E-state index contributed by atoms with van der Waals surface area (Å²) in [6, 6.07) is 19.3. The van der Waals surface area contributed by atoms with Gasteiger partial charge in [-0.05, 0) is 43.2 Å². The normalized spacial score (nSPS) is 11.5. The lowest BCUT2D eigenvalue weighted by Crippen LogP contribution is -2.31. The quantitative estimate of drug-likeness (QED) is 0.428. The van der Waals surface area contributed by atoms with Crippen LogP contribution in [0.2, 0.25) is 0 Å². The fourth-order valence-electron chi connectivity index (χ4n) is 3.14. The van der Waals surface area contributed by atoms with E-state index >= 15 is 0 Å². The molecule has 6 nitrogen and oxygen atoms in total. The third-order valence-corrected chi connectivity index (χ3v) is 4.81. The number of carbonyl (C=O) groups is 1. The molecule has 0 saturated carbocycles. The summed E-state index contributed by atoms with van der Waals surface area (Å²) in [7, 11) is 0. The highest BCUT2D eigenvalue weighted by atomic mass is 16.5. The average molecular weight is 420 g/mol. The summed E-state index contributed by atoms with van der Waals surface area (Å²) in [5, 5.41) is 3.21. The first-order valence-corrected chi connectivity index (χ1v) is 10.7. The Morgan fingerprint density at radius 3 is 2.52 bits per heavy atom. The SMILES string of the molecule is CCCC[C@@H](Nc1cc(-c2ccc(OCc3ccccc3)cc2)ncn1)C(=O)OCC. The van der Waals surface area contributed by atoms with E-state index in [1.807, 2.05) is 67.6 Å². The van der Waals surface area contributed by atoms with Gasteiger partial charge in [0.2, 0.25) is 0 Å². The first-order chi connectivity index (χ1) is 15.2. The molecular formula is C25H29N3O3. The van der Waals surface area contributed by atoms with E-state index in [0.29, 0.717) is 25.5 Å². The van der Waals surface area contributed by atoms with Crippen molar-refractivity contribution in [2.45, 2.75) is 45.8 Å². The summed E-state index contributed by atoms with van der Waals surface area (Å²) in [5.41, 5.74) is 2.83. The van der Waals surface area contributed by atoms with E-state index in [4.69, 9.17) is 9.47 Å². The Kier molecular flexibility index (Phi) is 8.40. The first-order valence-electron chi connectivity index (χ1n) is 10.7. The predicted octanol–water partition coefficient (Wildman–Crippen LogP) is 5.26. The van der Waals surface area contributed by atoms with Crippen molar-refractivity contribution < 1.29 is 14.3 Å². The minimum Gasteiger partial charge on any atom is -0.489 e. The van der Waals surface area contributed by atoms with Crippen LogP contribution in [0, 0.1) is 0 Å². The van der Waals surface area contributed by atoms with Gasteiger partial charge in [-0.15, -0.1) is 0 Å². The Morgan fingerprint density at radius 2 is 1.81 bits per heavy atom. The zero-order valence-corrected chi connectivity index (χ0v) is 18.1. The van der Waals surface area contributed by atoms with Crippen LogP contribution in [-0.2, 0) is 16.1 Å². The van der Waals surface area contributed by atoms with Gasteiger partial charge in [-0.1, -0.05) is 50.1 Å². The number of anilines is 1. The van der Waals surface area contributed by atoms with Crippen LogP contribution < -0.4 is 10.1 Å². The molecule has 0 saturated heterocycles. The van der Waals surface area contributed by atoms with Gasteiger partial charge in [0.25, 0.3) is 0 Å². The Morgan fingerprint density at radius 1 is 1.03 bits per heavy atom. The number of ether oxygens (including phenoxy) is 2. The number of aromatic nitrogens is 2. The van der Waals surface area contributed by atoms with Crippen LogP contribution in [0.3, 0.4) is 0 Å². The lowest BCUT2D eigenvalue weighted by atomic mass is 10.1. The van der Waals surface area contributed by atoms with Crippen LogP contribution in [0.15, 0.2) is 67.0 Å². The molecule has 0 radical (unpaired) electrons. The van der Waals surface area contributed by atoms with Gasteiger partial charge in [0.15, 0.2) is 0 Å². The number of nitrogens with zero attached hydrogens (tertiary/aromatic N) is 2. The maximum atomic E-state index is 12.3. The highest BCUT2D eigenvalue weighted by molar-refractivity contribution is 5.79. The average Bonchev–Trinajstić information content (AvgIpc) is 2.82. The molecule has 2 aromatic carbocycles. The third-order valence-electron chi connectivity index (χ3n) is 4.81. The molecule has 3 aromatic rings. The second-order valence-electron chi connectivity index (χ2n) is 7.18. The van der Waals surface area contributed by atoms with Gasteiger partial charge in [0.05, 0.1) is 12.3 Å². The van der Waals surface area contributed by atoms with Crippen molar-refractivity contribution in [3.63, 3.8) is 0 Å². The van der Waals surface area contributed by atoms with Gasteiger partial charge in [-0.2, -0.15) is 0 Å².